The van der Waals surface area contributed by atoms with Gasteiger partial charge in [-0.15, -0.1) is 0 Å². The van der Waals surface area contributed by atoms with Gasteiger partial charge in [0.1, 0.15) is 0 Å². The van der Waals surface area contributed by atoms with Gasteiger partial charge in [-0.2, -0.15) is 4.98 Å². The SMILES string of the molecule is Cc1ccccc1-c1noc(CN2CCN(C(C)C(=O)N3CCCC(C(N)=O)C3)CC2)n1. The van der Waals surface area contributed by atoms with E-state index in [9.17, 15) is 9.59 Å². The Morgan fingerprint density at radius 1 is 1.19 bits per heavy atom. The normalized spacial score (nSPS) is 21.4. The summed E-state index contributed by atoms with van der Waals surface area (Å²) < 4.78 is 5.48. The predicted octanol–water partition coefficient (Wildman–Crippen LogP) is 1.28. The lowest BCUT2D eigenvalue weighted by atomic mass is 9.97. The lowest BCUT2D eigenvalue weighted by molar-refractivity contribution is -0.140. The van der Waals surface area contributed by atoms with Crippen LogP contribution in [0.1, 0.15) is 31.2 Å². The average molecular weight is 441 g/mol. The zero-order chi connectivity index (χ0) is 22.7. The van der Waals surface area contributed by atoms with Crippen LogP contribution in [0.5, 0.6) is 0 Å². The fourth-order valence-corrected chi connectivity index (χ4v) is 4.58. The van der Waals surface area contributed by atoms with Gasteiger partial charge in [-0.05, 0) is 32.3 Å². The van der Waals surface area contributed by atoms with Crippen LogP contribution in [0.15, 0.2) is 28.8 Å². The van der Waals surface area contributed by atoms with Crippen LogP contribution in [0.3, 0.4) is 0 Å². The standard InChI is InChI=1S/C23H32N6O3/c1-16-6-3-4-8-19(16)22-25-20(32-26-22)15-27-10-12-28(13-11-27)17(2)23(31)29-9-5-7-18(14-29)21(24)30/h3-4,6,8,17-18H,5,7,9-15H2,1-2H3,(H2,24,30). The zero-order valence-electron chi connectivity index (χ0n) is 18.9. The Bertz CT molecular complexity index is 953. The van der Waals surface area contributed by atoms with Gasteiger partial charge in [0, 0.05) is 44.8 Å². The van der Waals surface area contributed by atoms with Gasteiger partial charge in [-0.3, -0.25) is 19.4 Å². The van der Waals surface area contributed by atoms with Crippen molar-refractivity contribution in [1.29, 1.82) is 0 Å². The van der Waals surface area contributed by atoms with E-state index >= 15 is 0 Å². The maximum Gasteiger partial charge on any atom is 0.241 e. The molecule has 1 aromatic carbocycles. The van der Waals surface area contributed by atoms with E-state index < -0.39 is 0 Å². The van der Waals surface area contributed by atoms with Gasteiger partial charge in [0.05, 0.1) is 18.5 Å². The van der Waals surface area contributed by atoms with Crippen LogP contribution >= 0.6 is 0 Å². The highest BCUT2D eigenvalue weighted by atomic mass is 16.5. The minimum Gasteiger partial charge on any atom is -0.369 e. The molecule has 2 saturated heterocycles. The van der Waals surface area contributed by atoms with Crippen molar-refractivity contribution < 1.29 is 14.1 Å². The average Bonchev–Trinajstić information content (AvgIpc) is 3.27. The topological polar surface area (TPSA) is 109 Å². The maximum atomic E-state index is 13.0. The van der Waals surface area contributed by atoms with Crippen molar-refractivity contribution in [1.82, 2.24) is 24.8 Å². The first-order valence-electron chi connectivity index (χ1n) is 11.4. The lowest BCUT2D eigenvalue weighted by Gasteiger charge is -2.40. The first-order chi connectivity index (χ1) is 15.4. The van der Waals surface area contributed by atoms with E-state index in [2.05, 4.69) is 19.9 Å². The van der Waals surface area contributed by atoms with E-state index in [4.69, 9.17) is 10.3 Å². The Morgan fingerprint density at radius 2 is 1.94 bits per heavy atom. The molecule has 2 aromatic rings. The van der Waals surface area contributed by atoms with Crippen molar-refractivity contribution in [3.05, 3.63) is 35.7 Å². The van der Waals surface area contributed by atoms with Crippen molar-refractivity contribution in [3.63, 3.8) is 0 Å². The van der Waals surface area contributed by atoms with Gasteiger partial charge in [-0.25, -0.2) is 0 Å². The summed E-state index contributed by atoms with van der Waals surface area (Å²) in [5.74, 6) is 0.772. The molecular formula is C23H32N6O3. The molecule has 9 nitrogen and oxygen atoms in total. The van der Waals surface area contributed by atoms with Gasteiger partial charge >= 0.3 is 0 Å². The number of primary amides is 1. The lowest BCUT2D eigenvalue weighted by Crippen LogP contribution is -2.56. The molecule has 3 heterocycles. The first kappa shape index (κ1) is 22.4. The zero-order valence-corrected chi connectivity index (χ0v) is 18.9. The molecule has 172 valence electrons. The van der Waals surface area contributed by atoms with Gasteiger partial charge in [0.25, 0.3) is 0 Å². The molecule has 0 saturated carbocycles. The Balaban J connectivity index is 1.28. The number of rotatable bonds is 6. The smallest absolute Gasteiger partial charge is 0.241 e. The number of hydrogen-bond donors (Lipinski definition) is 1. The number of benzene rings is 1. The van der Waals surface area contributed by atoms with Gasteiger partial charge in [-0.1, -0.05) is 29.4 Å². The van der Waals surface area contributed by atoms with Crippen LogP contribution in [-0.4, -0.2) is 82.0 Å². The molecule has 0 aliphatic carbocycles. The number of hydrogen-bond acceptors (Lipinski definition) is 7. The quantitative estimate of drug-likeness (QED) is 0.721. The molecule has 2 aliphatic heterocycles. The third kappa shape index (κ3) is 4.99. The number of nitrogens with two attached hydrogens (primary N) is 1. The highest BCUT2D eigenvalue weighted by molar-refractivity contribution is 5.83. The van der Waals surface area contributed by atoms with E-state index in [1.807, 2.05) is 43.0 Å². The number of aromatic nitrogens is 2. The summed E-state index contributed by atoms with van der Waals surface area (Å²) in [5, 5.41) is 4.14. The Labute approximate surface area is 188 Å². The molecule has 1 aromatic heterocycles. The number of likely N-dealkylation sites (tertiary alicyclic amines) is 1. The number of aryl methyl sites for hydroxylation is 1. The van der Waals surface area contributed by atoms with Gasteiger partial charge in [0.2, 0.25) is 23.5 Å². The summed E-state index contributed by atoms with van der Waals surface area (Å²) in [6.45, 7) is 8.96. The van der Waals surface area contributed by atoms with Crippen molar-refractivity contribution in [2.24, 2.45) is 11.7 Å². The first-order valence-corrected chi connectivity index (χ1v) is 11.4. The predicted molar refractivity (Wildman–Crippen MR) is 119 cm³/mol. The molecular weight excluding hydrogens is 408 g/mol. The van der Waals surface area contributed by atoms with Crippen LogP contribution in [0.2, 0.25) is 0 Å². The molecule has 2 atom stereocenters. The molecule has 4 rings (SSSR count). The summed E-state index contributed by atoms with van der Waals surface area (Å²) in [6, 6.07) is 7.78. The van der Waals surface area contributed by atoms with E-state index in [0.717, 1.165) is 50.1 Å². The number of amides is 2. The molecule has 0 bridgehead atoms. The molecule has 2 N–H and O–H groups in total. The van der Waals surface area contributed by atoms with E-state index in [0.29, 0.717) is 31.3 Å². The Kier molecular flexibility index (Phi) is 6.86. The molecule has 2 fully saturated rings. The third-order valence-electron chi connectivity index (χ3n) is 6.66. The third-order valence-corrected chi connectivity index (χ3v) is 6.66. The summed E-state index contributed by atoms with van der Waals surface area (Å²) in [7, 11) is 0. The number of nitrogens with zero attached hydrogens (tertiary/aromatic N) is 5. The summed E-state index contributed by atoms with van der Waals surface area (Å²) >= 11 is 0. The van der Waals surface area contributed by atoms with Gasteiger partial charge in [0.15, 0.2) is 0 Å². The highest BCUT2D eigenvalue weighted by Crippen LogP contribution is 2.21. The van der Waals surface area contributed by atoms with Gasteiger partial charge < -0.3 is 15.2 Å². The molecule has 9 heteroatoms. The molecule has 32 heavy (non-hydrogen) atoms. The van der Waals surface area contributed by atoms with Crippen LogP contribution in [0.25, 0.3) is 11.4 Å². The van der Waals surface area contributed by atoms with E-state index in [1.165, 1.54) is 0 Å². The minimum atomic E-state index is -0.310. The van der Waals surface area contributed by atoms with E-state index in [1.54, 1.807) is 0 Å². The molecule has 0 radical (unpaired) electrons. The van der Waals surface area contributed by atoms with Crippen molar-refractivity contribution in [2.45, 2.75) is 39.3 Å². The van der Waals surface area contributed by atoms with Crippen LogP contribution in [0.4, 0.5) is 0 Å². The summed E-state index contributed by atoms with van der Waals surface area (Å²) in [5.41, 5.74) is 7.56. The minimum absolute atomic E-state index is 0.0872. The van der Waals surface area contributed by atoms with Crippen molar-refractivity contribution in [2.75, 3.05) is 39.3 Å². The highest BCUT2D eigenvalue weighted by Gasteiger charge is 2.33. The molecule has 2 unspecified atom stereocenters. The maximum absolute atomic E-state index is 13.0. The second kappa shape index (κ2) is 9.79. The molecule has 0 spiro atoms. The number of piperazine rings is 1. The van der Waals surface area contributed by atoms with Crippen molar-refractivity contribution in [3.8, 4) is 11.4 Å². The van der Waals surface area contributed by atoms with Crippen LogP contribution in [0, 0.1) is 12.8 Å². The number of piperidine rings is 1. The Hall–Kier alpha value is -2.78. The summed E-state index contributed by atoms with van der Waals surface area (Å²) in [6.07, 6.45) is 1.60. The second-order valence-corrected chi connectivity index (χ2v) is 8.84. The van der Waals surface area contributed by atoms with E-state index in [-0.39, 0.29) is 23.8 Å². The largest absolute Gasteiger partial charge is 0.369 e. The van der Waals surface area contributed by atoms with Crippen molar-refractivity contribution >= 4 is 11.8 Å². The summed E-state index contributed by atoms with van der Waals surface area (Å²) in [4.78, 5) is 35.4. The second-order valence-electron chi connectivity index (χ2n) is 8.84. The van der Waals surface area contributed by atoms with Crippen LogP contribution < -0.4 is 5.73 Å². The monoisotopic (exact) mass is 440 g/mol. The molecule has 2 aliphatic rings. The van der Waals surface area contributed by atoms with Crippen LogP contribution in [-0.2, 0) is 16.1 Å². The Morgan fingerprint density at radius 3 is 2.66 bits per heavy atom. The molecule has 2 amide bonds. The fourth-order valence-electron chi connectivity index (χ4n) is 4.58. The fraction of sp³-hybridized carbons (Fsp3) is 0.565. The number of carbonyl (C=O) groups excluding carboxylic acids is 2. The number of carbonyl (C=O) groups is 2.